The third-order valence-electron chi connectivity index (χ3n) is 6.37. The molecule has 0 spiro atoms. The van der Waals surface area contributed by atoms with Crippen molar-refractivity contribution in [2.45, 2.75) is 13.0 Å². The van der Waals surface area contributed by atoms with E-state index >= 15 is 4.39 Å². The van der Waals surface area contributed by atoms with Crippen molar-refractivity contribution in [3.8, 4) is 5.75 Å². The minimum Gasteiger partial charge on any atom is -0.487 e. The number of ether oxygens (including phenoxy) is 1. The normalized spacial score (nSPS) is 18.0. The fourth-order valence-electron chi connectivity index (χ4n) is 4.43. The zero-order valence-electron chi connectivity index (χ0n) is 18.9. The number of hydrogen-bond acceptors (Lipinski definition) is 6. The molecule has 0 bridgehead atoms. The summed E-state index contributed by atoms with van der Waals surface area (Å²) in [5, 5.41) is 0.0892. The van der Waals surface area contributed by atoms with E-state index in [4.69, 9.17) is 4.74 Å². The maximum absolute atomic E-state index is 15.4. The Morgan fingerprint density at radius 2 is 1.82 bits per heavy atom. The van der Waals surface area contributed by atoms with Gasteiger partial charge in [-0.05, 0) is 44.3 Å². The summed E-state index contributed by atoms with van der Waals surface area (Å²) in [6.45, 7) is 5.06. The SMILES string of the molecule is C[C@H]1COc2c(N3CCN(C)CC3)c(F)cc3c(=O)c(C(=O)NNc4ccc(F)cc4)cn1c23. The van der Waals surface area contributed by atoms with Gasteiger partial charge in [0.25, 0.3) is 5.91 Å². The predicted octanol–water partition coefficient (Wildman–Crippen LogP) is 2.74. The monoisotopic (exact) mass is 469 g/mol. The molecule has 0 unspecified atom stereocenters. The van der Waals surface area contributed by atoms with Crippen molar-refractivity contribution in [3.63, 3.8) is 0 Å². The Kier molecular flexibility index (Phi) is 5.60. The van der Waals surface area contributed by atoms with E-state index in [1.54, 1.807) is 4.57 Å². The van der Waals surface area contributed by atoms with E-state index in [-0.39, 0.29) is 23.6 Å². The molecule has 1 aromatic heterocycles. The molecule has 0 radical (unpaired) electrons. The van der Waals surface area contributed by atoms with Crippen LogP contribution >= 0.6 is 0 Å². The molecule has 10 heteroatoms. The number of halogens is 2. The highest BCUT2D eigenvalue weighted by atomic mass is 19.1. The van der Waals surface area contributed by atoms with E-state index in [1.165, 1.54) is 36.5 Å². The molecule has 0 saturated carbocycles. The Labute approximate surface area is 194 Å². The van der Waals surface area contributed by atoms with Crippen LogP contribution < -0.4 is 25.9 Å². The van der Waals surface area contributed by atoms with E-state index in [1.807, 2.05) is 18.9 Å². The van der Waals surface area contributed by atoms with E-state index in [9.17, 15) is 14.0 Å². The van der Waals surface area contributed by atoms with Crippen LogP contribution in [0.2, 0.25) is 0 Å². The summed E-state index contributed by atoms with van der Waals surface area (Å²) in [6.07, 6.45) is 1.49. The Hall–Kier alpha value is -3.66. The number of hydrazine groups is 1. The first-order chi connectivity index (χ1) is 16.3. The molecule has 2 aromatic carbocycles. The lowest BCUT2D eigenvalue weighted by Gasteiger charge is -2.37. The average molecular weight is 469 g/mol. The Bertz CT molecular complexity index is 1320. The summed E-state index contributed by atoms with van der Waals surface area (Å²) < 4.78 is 36.3. The van der Waals surface area contributed by atoms with E-state index in [2.05, 4.69) is 15.8 Å². The van der Waals surface area contributed by atoms with Gasteiger partial charge < -0.3 is 19.1 Å². The average Bonchev–Trinajstić information content (AvgIpc) is 2.82. The predicted molar refractivity (Wildman–Crippen MR) is 126 cm³/mol. The summed E-state index contributed by atoms with van der Waals surface area (Å²) in [6, 6.07) is 6.43. The second-order valence-electron chi connectivity index (χ2n) is 8.75. The number of benzene rings is 2. The molecule has 34 heavy (non-hydrogen) atoms. The summed E-state index contributed by atoms with van der Waals surface area (Å²) in [5.74, 6) is -1.30. The summed E-state index contributed by atoms with van der Waals surface area (Å²) in [4.78, 5) is 30.2. The fraction of sp³-hybridized carbons (Fsp3) is 0.333. The second-order valence-corrected chi connectivity index (χ2v) is 8.75. The third kappa shape index (κ3) is 3.83. The standard InChI is InChI=1S/C24H25F2N5O3/c1-14-13-34-23-20-17(11-19(26)21(23)30-9-7-29(2)8-10-30)22(32)18(12-31(14)20)24(33)28-27-16-5-3-15(25)4-6-16/h3-6,11-12,14,27H,7-10,13H2,1-2H3,(H,28,33)/t14-/m0/s1. The first kappa shape index (κ1) is 22.1. The Morgan fingerprint density at radius 1 is 1.12 bits per heavy atom. The van der Waals surface area contributed by atoms with Gasteiger partial charge >= 0.3 is 0 Å². The highest BCUT2D eigenvalue weighted by Gasteiger charge is 2.31. The molecular weight excluding hydrogens is 444 g/mol. The molecule has 1 atom stereocenters. The minimum atomic E-state index is -0.677. The number of carbonyl (C=O) groups is 1. The van der Waals surface area contributed by atoms with Crippen molar-refractivity contribution >= 4 is 28.2 Å². The molecule has 1 saturated heterocycles. The van der Waals surface area contributed by atoms with Crippen LogP contribution in [0.15, 0.2) is 41.3 Å². The molecule has 178 valence electrons. The van der Waals surface area contributed by atoms with Crippen molar-refractivity contribution in [1.82, 2.24) is 14.9 Å². The van der Waals surface area contributed by atoms with Gasteiger partial charge in [-0.3, -0.25) is 20.4 Å². The van der Waals surface area contributed by atoms with Crippen molar-refractivity contribution < 1.29 is 18.3 Å². The number of anilines is 2. The number of pyridine rings is 1. The van der Waals surface area contributed by atoms with Gasteiger partial charge in [0.15, 0.2) is 11.6 Å². The molecule has 1 amide bonds. The molecule has 3 aromatic rings. The first-order valence-corrected chi connectivity index (χ1v) is 11.1. The number of carbonyl (C=O) groups excluding carboxylic acids is 1. The van der Waals surface area contributed by atoms with Crippen LogP contribution in [-0.2, 0) is 0 Å². The van der Waals surface area contributed by atoms with Crippen LogP contribution in [0, 0.1) is 11.6 Å². The molecule has 1 fully saturated rings. The summed E-state index contributed by atoms with van der Waals surface area (Å²) >= 11 is 0. The fourth-order valence-corrected chi connectivity index (χ4v) is 4.43. The molecule has 0 aliphatic carbocycles. The van der Waals surface area contributed by atoms with Crippen molar-refractivity contribution in [2.75, 3.05) is 50.2 Å². The third-order valence-corrected chi connectivity index (χ3v) is 6.37. The Balaban J connectivity index is 1.55. The molecule has 2 aliphatic heterocycles. The largest absolute Gasteiger partial charge is 0.487 e. The van der Waals surface area contributed by atoms with Crippen LogP contribution in [0.4, 0.5) is 20.2 Å². The van der Waals surface area contributed by atoms with Crippen LogP contribution in [0.5, 0.6) is 5.75 Å². The second kappa shape index (κ2) is 8.60. The molecule has 2 N–H and O–H groups in total. The molecule has 8 nitrogen and oxygen atoms in total. The van der Waals surface area contributed by atoms with E-state index in [0.29, 0.717) is 35.7 Å². The topological polar surface area (TPSA) is 78.8 Å². The quantitative estimate of drug-likeness (QED) is 0.573. The number of likely N-dealkylation sites (N-methyl/N-ethyl adjacent to an activating group) is 1. The van der Waals surface area contributed by atoms with Gasteiger partial charge in [-0.2, -0.15) is 0 Å². The zero-order chi connectivity index (χ0) is 24.0. The lowest BCUT2D eigenvalue weighted by molar-refractivity contribution is 0.0960. The van der Waals surface area contributed by atoms with Gasteiger partial charge in [0.1, 0.15) is 23.7 Å². The highest BCUT2D eigenvalue weighted by Crippen LogP contribution is 2.42. The highest BCUT2D eigenvalue weighted by molar-refractivity contribution is 6.00. The number of hydrogen-bond donors (Lipinski definition) is 2. The van der Waals surface area contributed by atoms with Crippen molar-refractivity contribution in [1.29, 1.82) is 0 Å². The lowest BCUT2D eigenvalue weighted by Crippen LogP contribution is -2.45. The summed E-state index contributed by atoms with van der Waals surface area (Å²) in [5.41, 5.74) is 5.69. The number of aromatic nitrogens is 1. The molecular formula is C24H25F2N5O3. The van der Waals surface area contributed by atoms with Gasteiger partial charge in [0, 0.05) is 32.4 Å². The van der Waals surface area contributed by atoms with Crippen LogP contribution in [0.1, 0.15) is 23.3 Å². The number of amides is 1. The number of rotatable bonds is 4. The first-order valence-electron chi connectivity index (χ1n) is 11.1. The van der Waals surface area contributed by atoms with Crippen LogP contribution in [-0.4, -0.2) is 55.2 Å². The summed E-state index contributed by atoms with van der Waals surface area (Å²) in [7, 11) is 2.02. The van der Waals surface area contributed by atoms with Gasteiger partial charge in [-0.15, -0.1) is 0 Å². The maximum atomic E-state index is 15.4. The molecule has 5 rings (SSSR count). The zero-order valence-corrected chi connectivity index (χ0v) is 18.9. The maximum Gasteiger partial charge on any atom is 0.275 e. The molecule has 2 aliphatic rings. The molecule has 3 heterocycles. The number of nitrogens with zero attached hydrogens (tertiary/aromatic N) is 3. The minimum absolute atomic E-state index is 0.0892. The van der Waals surface area contributed by atoms with E-state index in [0.717, 1.165) is 13.1 Å². The van der Waals surface area contributed by atoms with E-state index < -0.39 is 23.0 Å². The van der Waals surface area contributed by atoms with Crippen LogP contribution in [0.25, 0.3) is 10.9 Å². The smallest absolute Gasteiger partial charge is 0.275 e. The van der Waals surface area contributed by atoms with Gasteiger partial charge in [-0.1, -0.05) is 0 Å². The number of nitrogens with one attached hydrogen (secondary N) is 2. The van der Waals surface area contributed by atoms with Crippen molar-refractivity contribution in [3.05, 3.63) is 63.9 Å². The van der Waals surface area contributed by atoms with Crippen molar-refractivity contribution in [2.24, 2.45) is 0 Å². The van der Waals surface area contributed by atoms with Crippen LogP contribution in [0.3, 0.4) is 0 Å². The lowest BCUT2D eigenvalue weighted by atomic mass is 10.0. The van der Waals surface area contributed by atoms with Gasteiger partial charge in [0.05, 0.1) is 22.6 Å². The van der Waals surface area contributed by atoms with Gasteiger partial charge in [-0.25, -0.2) is 8.78 Å². The number of piperazine rings is 1. The Morgan fingerprint density at radius 3 is 2.53 bits per heavy atom. The van der Waals surface area contributed by atoms with Gasteiger partial charge in [0.2, 0.25) is 5.43 Å².